The van der Waals surface area contributed by atoms with E-state index in [1.807, 2.05) is 6.07 Å². The van der Waals surface area contributed by atoms with Crippen molar-refractivity contribution >= 4 is 23.2 Å². The first kappa shape index (κ1) is 22.3. The number of nitrogens with one attached hydrogen (secondary N) is 1. The molecule has 7 heteroatoms. The van der Waals surface area contributed by atoms with Crippen LogP contribution in [-0.4, -0.2) is 62.8 Å². The largest absolute Gasteiger partial charge is 0.375 e. The predicted molar refractivity (Wildman–Crippen MR) is 115 cm³/mol. The molecule has 1 aliphatic heterocycles. The highest BCUT2D eigenvalue weighted by atomic mass is 35.5. The lowest BCUT2D eigenvalue weighted by molar-refractivity contribution is -0.125. The van der Waals surface area contributed by atoms with Crippen molar-refractivity contribution in [3.63, 3.8) is 0 Å². The van der Waals surface area contributed by atoms with Gasteiger partial charge >= 0.3 is 0 Å². The minimum atomic E-state index is -0.354. The lowest BCUT2D eigenvalue weighted by Crippen LogP contribution is -2.52. The van der Waals surface area contributed by atoms with Gasteiger partial charge < -0.3 is 15.0 Å². The van der Waals surface area contributed by atoms with Crippen LogP contribution < -0.4 is 10.2 Å². The zero-order valence-corrected chi connectivity index (χ0v) is 18.3. The zero-order valence-electron chi connectivity index (χ0n) is 17.5. The van der Waals surface area contributed by atoms with Gasteiger partial charge in [0.25, 0.3) is 0 Å². The first-order valence-electron chi connectivity index (χ1n) is 10.7. The number of carbonyl (C=O) groups excluding carboxylic acids is 1. The van der Waals surface area contributed by atoms with Crippen LogP contribution in [0.4, 0.5) is 10.1 Å². The van der Waals surface area contributed by atoms with E-state index in [-0.39, 0.29) is 23.4 Å². The molecule has 29 heavy (non-hydrogen) atoms. The lowest BCUT2D eigenvalue weighted by Gasteiger charge is -2.42. The second-order valence-electron chi connectivity index (χ2n) is 8.42. The second kappa shape index (κ2) is 10.6. The summed E-state index contributed by atoms with van der Waals surface area (Å²) in [6.45, 7) is 6.23. The summed E-state index contributed by atoms with van der Waals surface area (Å²) in [5.74, 6) is 0.366. The molecular formula is C22H33ClFN3O2. The number of hydrogen-bond donors (Lipinski definition) is 1. The van der Waals surface area contributed by atoms with Crippen LogP contribution in [0.25, 0.3) is 0 Å². The number of halogens is 2. The number of anilines is 1. The second-order valence-corrected chi connectivity index (χ2v) is 8.80. The maximum atomic E-state index is 13.8. The predicted octanol–water partition coefficient (Wildman–Crippen LogP) is 3.70. The molecule has 3 rings (SSSR count). The number of carbonyl (C=O) groups is 1. The van der Waals surface area contributed by atoms with Gasteiger partial charge in [-0.2, -0.15) is 0 Å². The number of rotatable bonds is 7. The van der Waals surface area contributed by atoms with Gasteiger partial charge in [-0.15, -0.1) is 0 Å². The molecule has 1 aliphatic carbocycles. The van der Waals surface area contributed by atoms with Crippen LogP contribution in [-0.2, 0) is 9.53 Å². The minimum absolute atomic E-state index is 0.0128. The van der Waals surface area contributed by atoms with Gasteiger partial charge in [0.2, 0.25) is 5.91 Å². The van der Waals surface area contributed by atoms with Gasteiger partial charge in [-0.3, -0.25) is 9.69 Å². The molecule has 2 aliphatic rings. The van der Waals surface area contributed by atoms with Crippen LogP contribution >= 0.6 is 11.6 Å². The Bertz CT molecular complexity index is 682. The number of hydrogen-bond acceptors (Lipinski definition) is 4. The van der Waals surface area contributed by atoms with Crippen molar-refractivity contribution in [2.45, 2.75) is 51.1 Å². The monoisotopic (exact) mass is 425 g/mol. The van der Waals surface area contributed by atoms with Crippen LogP contribution in [0.15, 0.2) is 18.2 Å². The first-order valence-corrected chi connectivity index (χ1v) is 11.1. The Hall–Kier alpha value is -1.37. The van der Waals surface area contributed by atoms with E-state index in [9.17, 15) is 9.18 Å². The summed E-state index contributed by atoms with van der Waals surface area (Å²) in [6, 6.07) is 5.64. The van der Waals surface area contributed by atoms with Crippen molar-refractivity contribution < 1.29 is 13.9 Å². The number of methoxy groups -OCH3 is 1. The van der Waals surface area contributed by atoms with E-state index >= 15 is 0 Å². The molecule has 1 amide bonds. The summed E-state index contributed by atoms with van der Waals surface area (Å²) in [7, 11) is 1.55. The Kier molecular flexibility index (Phi) is 8.16. The molecule has 5 nitrogen and oxygen atoms in total. The number of benzene rings is 1. The van der Waals surface area contributed by atoms with Gasteiger partial charge in [0.05, 0.1) is 10.7 Å². The van der Waals surface area contributed by atoms with Crippen molar-refractivity contribution in [2.75, 3.05) is 44.8 Å². The van der Waals surface area contributed by atoms with Crippen LogP contribution in [0.5, 0.6) is 0 Å². The van der Waals surface area contributed by atoms with Gasteiger partial charge in [0.15, 0.2) is 0 Å². The Morgan fingerprint density at radius 1 is 1.28 bits per heavy atom. The molecule has 0 radical (unpaired) electrons. The Labute approximate surface area is 178 Å². The van der Waals surface area contributed by atoms with E-state index in [4.69, 9.17) is 16.3 Å². The molecule has 162 valence electrons. The molecule has 1 N–H and O–H groups in total. The summed E-state index contributed by atoms with van der Waals surface area (Å²) in [6.07, 6.45) is 5.66. The normalized spacial score (nSPS) is 25.8. The van der Waals surface area contributed by atoms with E-state index < -0.39 is 0 Å². The van der Waals surface area contributed by atoms with Crippen molar-refractivity contribution in [1.29, 1.82) is 0 Å². The zero-order chi connectivity index (χ0) is 20.8. The highest BCUT2D eigenvalue weighted by Crippen LogP contribution is 2.31. The van der Waals surface area contributed by atoms with Gasteiger partial charge in [0, 0.05) is 38.8 Å². The first-order chi connectivity index (χ1) is 14.0. The van der Waals surface area contributed by atoms with Gasteiger partial charge in [-0.1, -0.05) is 17.7 Å². The minimum Gasteiger partial charge on any atom is -0.375 e. The summed E-state index contributed by atoms with van der Waals surface area (Å²) < 4.78 is 18.7. The number of nitrogens with zero attached hydrogens (tertiary/aromatic N) is 2. The molecule has 1 aromatic rings. The van der Waals surface area contributed by atoms with Crippen LogP contribution in [0, 0.1) is 11.7 Å². The Morgan fingerprint density at radius 3 is 2.72 bits per heavy atom. The van der Waals surface area contributed by atoms with E-state index in [1.165, 1.54) is 25.3 Å². The van der Waals surface area contributed by atoms with Crippen LogP contribution in [0.2, 0.25) is 5.02 Å². The highest BCUT2D eigenvalue weighted by molar-refractivity contribution is 6.33. The van der Waals surface area contributed by atoms with Gasteiger partial charge in [-0.05, 0) is 63.6 Å². The quantitative estimate of drug-likeness (QED) is 0.723. The van der Waals surface area contributed by atoms with E-state index in [0.29, 0.717) is 12.1 Å². The smallest absolute Gasteiger partial charge is 0.246 e. The fourth-order valence-electron chi connectivity index (χ4n) is 4.67. The van der Waals surface area contributed by atoms with Crippen molar-refractivity contribution in [2.24, 2.45) is 5.92 Å². The van der Waals surface area contributed by atoms with Crippen molar-refractivity contribution in [3.8, 4) is 0 Å². The van der Waals surface area contributed by atoms with Crippen molar-refractivity contribution in [3.05, 3.63) is 29.0 Å². The highest BCUT2D eigenvalue weighted by Gasteiger charge is 2.27. The summed E-state index contributed by atoms with van der Waals surface area (Å²) in [5.41, 5.74) is 0.799. The Balaban J connectivity index is 1.40. The third-order valence-electron chi connectivity index (χ3n) is 6.29. The van der Waals surface area contributed by atoms with Gasteiger partial charge in [0.1, 0.15) is 12.4 Å². The molecular weight excluding hydrogens is 393 g/mol. The SMILES string of the molecule is COCC(=O)NC1CCC(CCN2CCN(c3cccc(F)c3Cl)C(C)C2)CC1. The van der Waals surface area contributed by atoms with Crippen LogP contribution in [0.1, 0.15) is 39.0 Å². The Morgan fingerprint density at radius 2 is 2.03 bits per heavy atom. The topological polar surface area (TPSA) is 44.8 Å². The maximum absolute atomic E-state index is 13.8. The number of piperazine rings is 1. The number of amides is 1. The summed E-state index contributed by atoms with van der Waals surface area (Å²) in [5, 5.41) is 3.29. The van der Waals surface area contributed by atoms with E-state index in [0.717, 1.165) is 50.6 Å². The van der Waals surface area contributed by atoms with Crippen molar-refractivity contribution in [1.82, 2.24) is 10.2 Å². The molecule has 0 bridgehead atoms. The fourth-order valence-corrected chi connectivity index (χ4v) is 4.90. The third kappa shape index (κ3) is 6.06. The molecule has 1 heterocycles. The molecule has 0 aromatic heterocycles. The van der Waals surface area contributed by atoms with Gasteiger partial charge in [-0.25, -0.2) is 4.39 Å². The number of ether oxygens (including phenoxy) is 1. The molecule has 1 aromatic carbocycles. The lowest BCUT2D eigenvalue weighted by atomic mass is 9.84. The summed E-state index contributed by atoms with van der Waals surface area (Å²) in [4.78, 5) is 16.4. The fraction of sp³-hybridized carbons (Fsp3) is 0.682. The molecule has 1 unspecified atom stereocenters. The average Bonchev–Trinajstić information content (AvgIpc) is 2.70. The summed E-state index contributed by atoms with van der Waals surface area (Å²) >= 11 is 6.19. The molecule has 1 saturated carbocycles. The molecule has 2 fully saturated rings. The maximum Gasteiger partial charge on any atom is 0.246 e. The molecule has 1 saturated heterocycles. The third-order valence-corrected chi connectivity index (χ3v) is 6.67. The molecule has 1 atom stereocenters. The standard InChI is InChI=1S/C22H33ClFN3O2/c1-16-14-26(12-13-27(16)20-5-3-4-19(24)22(20)23)11-10-17-6-8-18(9-7-17)25-21(28)15-29-2/h3-5,16-18H,6-15H2,1-2H3,(H,25,28). The van der Waals surface area contributed by atoms with Crippen LogP contribution in [0.3, 0.4) is 0 Å². The van der Waals surface area contributed by atoms with E-state index in [1.54, 1.807) is 13.2 Å². The molecule has 0 spiro atoms. The van der Waals surface area contributed by atoms with E-state index in [2.05, 4.69) is 22.0 Å². The average molecular weight is 426 g/mol.